The molecular formula is C28H31N3O3S. The van der Waals surface area contributed by atoms with Crippen LogP contribution in [0.15, 0.2) is 53.5 Å². The van der Waals surface area contributed by atoms with Gasteiger partial charge in [-0.05, 0) is 59.8 Å². The summed E-state index contributed by atoms with van der Waals surface area (Å²) in [6.07, 6.45) is 5.25. The average Bonchev–Trinajstić information content (AvgIpc) is 3.20. The molecule has 0 aliphatic heterocycles. The molecule has 1 aliphatic carbocycles. The SMILES string of the molecule is CCc1ccccc1NC(=O)c1c(N=Cc2cccc([N+](=O)[O-])c2)sc2c1CC[C@@H](C(C)(C)C)C2. The van der Waals surface area contributed by atoms with Gasteiger partial charge in [-0.3, -0.25) is 14.9 Å². The number of aliphatic imine (C=N–C) groups is 1. The number of carbonyl (C=O) groups is 1. The summed E-state index contributed by atoms with van der Waals surface area (Å²) in [4.78, 5) is 30.2. The third-order valence-corrected chi connectivity index (χ3v) is 7.92. The molecule has 1 N–H and O–H groups in total. The number of carbonyl (C=O) groups excluding carboxylic acids is 1. The van der Waals surface area contributed by atoms with Crippen LogP contribution < -0.4 is 5.32 Å². The zero-order valence-electron chi connectivity index (χ0n) is 20.6. The zero-order valence-corrected chi connectivity index (χ0v) is 21.4. The van der Waals surface area contributed by atoms with Crippen LogP contribution in [-0.4, -0.2) is 17.0 Å². The molecule has 1 atom stereocenters. The highest BCUT2D eigenvalue weighted by Crippen LogP contribution is 2.45. The molecule has 0 radical (unpaired) electrons. The summed E-state index contributed by atoms with van der Waals surface area (Å²) in [5.41, 5.74) is 4.45. The van der Waals surface area contributed by atoms with E-state index in [1.54, 1.807) is 29.7 Å². The van der Waals surface area contributed by atoms with Gasteiger partial charge in [0.25, 0.3) is 11.6 Å². The van der Waals surface area contributed by atoms with E-state index in [1.807, 2.05) is 24.3 Å². The number of rotatable bonds is 6. The summed E-state index contributed by atoms with van der Waals surface area (Å²) < 4.78 is 0. The number of hydrogen-bond acceptors (Lipinski definition) is 5. The number of nitrogens with zero attached hydrogens (tertiary/aromatic N) is 2. The van der Waals surface area contributed by atoms with Crippen LogP contribution in [0.25, 0.3) is 0 Å². The van der Waals surface area contributed by atoms with Crippen LogP contribution in [0.2, 0.25) is 0 Å². The van der Waals surface area contributed by atoms with Gasteiger partial charge < -0.3 is 5.32 Å². The van der Waals surface area contributed by atoms with Crippen molar-refractivity contribution in [1.82, 2.24) is 0 Å². The Balaban J connectivity index is 1.72. The lowest BCUT2D eigenvalue weighted by molar-refractivity contribution is -0.384. The molecule has 0 bridgehead atoms. The Labute approximate surface area is 210 Å². The number of fused-ring (bicyclic) bond motifs is 1. The van der Waals surface area contributed by atoms with Crippen molar-refractivity contribution in [1.29, 1.82) is 0 Å². The third-order valence-electron chi connectivity index (χ3n) is 6.76. The van der Waals surface area contributed by atoms with Crippen molar-refractivity contribution in [2.24, 2.45) is 16.3 Å². The van der Waals surface area contributed by atoms with Crippen LogP contribution in [0.3, 0.4) is 0 Å². The Kier molecular flexibility index (Phi) is 7.17. The zero-order chi connectivity index (χ0) is 25.2. The van der Waals surface area contributed by atoms with Crippen molar-refractivity contribution >= 4 is 39.8 Å². The van der Waals surface area contributed by atoms with Crippen LogP contribution in [0.1, 0.15) is 66.0 Å². The number of benzene rings is 2. The molecule has 1 heterocycles. The predicted molar refractivity (Wildman–Crippen MR) is 143 cm³/mol. The van der Waals surface area contributed by atoms with Crippen LogP contribution >= 0.6 is 11.3 Å². The third kappa shape index (κ3) is 5.51. The monoisotopic (exact) mass is 489 g/mol. The van der Waals surface area contributed by atoms with Gasteiger partial charge in [0.2, 0.25) is 0 Å². The minimum Gasteiger partial charge on any atom is -0.322 e. The summed E-state index contributed by atoms with van der Waals surface area (Å²) in [6.45, 7) is 8.88. The van der Waals surface area contributed by atoms with E-state index in [0.29, 0.717) is 22.0 Å². The highest BCUT2D eigenvalue weighted by atomic mass is 32.1. The molecule has 0 unspecified atom stereocenters. The first kappa shape index (κ1) is 24.8. The molecule has 0 fully saturated rings. The maximum absolute atomic E-state index is 13.6. The first-order valence-electron chi connectivity index (χ1n) is 12.0. The number of amides is 1. The maximum Gasteiger partial charge on any atom is 0.270 e. The van der Waals surface area contributed by atoms with Crippen molar-refractivity contribution in [2.45, 2.75) is 53.4 Å². The Morgan fingerprint density at radius 3 is 2.71 bits per heavy atom. The fourth-order valence-corrected chi connectivity index (χ4v) is 5.89. The van der Waals surface area contributed by atoms with E-state index in [2.05, 4.69) is 38.0 Å². The first-order valence-corrected chi connectivity index (χ1v) is 12.8. The highest BCUT2D eigenvalue weighted by molar-refractivity contribution is 7.16. The minimum absolute atomic E-state index is 0.0154. The van der Waals surface area contributed by atoms with Crippen LogP contribution in [0.5, 0.6) is 0 Å². The number of para-hydroxylation sites is 1. The van der Waals surface area contributed by atoms with Gasteiger partial charge in [-0.15, -0.1) is 11.3 Å². The van der Waals surface area contributed by atoms with Crippen molar-refractivity contribution in [3.63, 3.8) is 0 Å². The van der Waals surface area contributed by atoms with Gasteiger partial charge in [-0.1, -0.05) is 58.0 Å². The number of nitro benzene ring substituents is 1. The van der Waals surface area contributed by atoms with E-state index in [-0.39, 0.29) is 17.0 Å². The number of hydrogen-bond donors (Lipinski definition) is 1. The van der Waals surface area contributed by atoms with Crippen LogP contribution in [0.4, 0.5) is 16.4 Å². The molecule has 35 heavy (non-hydrogen) atoms. The van der Waals surface area contributed by atoms with Crippen LogP contribution in [0, 0.1) is 21.4 Å². The molecular weight excluding hydrogens is 458 g/mol. The number of thiophene rings is 1. The normalized spacial score (nSPS) is 15.7. The number of nitrogens with one attached hydrogen (secondary N) is 1. The Hall–Kier alpha value is -3.32. The van der Waals surface area contributed by atoms with E-state index >= 15 is 0 Å². The number of non-ortho nitro benzene ring substituents is 1. The second-order valence-corrected chi connectivity index (χ2v) is 11.1. The summed E-state index contributed by atoms with van der Waals surface area (Å²) in [5, 5.41) is 14.9. The van der Waals surface area contributed by atoms with Crippen molar-refractivity contribution in [3.8, 4) is 0 Å². The van der Waals surface area contributed by atoms with Crippen LogP contribution in [-0.2, 0) is 19.3 Å². The smallest absolute Gasteiger partial charge is 0.270 e. The van der Waals surface area contributed by atoms with E-state index < -0.39 is 4.92 Å². The van der Waals surface area contributed by atoms with Crippen molar-refractivity contribution in [3.05, 3.63) is 85.8 Å². The summed E-state index contributed by atoms with van der Waals surface area (Å²) in [7, 11) is 0. The summed E-state index contributed by atoms with van der Waals surface area (Å²) in [5.74, 6) is 0.391. The Morgan fingerprint density at radius 1 is 1.23 bits per heavy atom. The molecule has 7 heteroatoms. The van der Waals surface area contributed by atoms with Gasteiger partial charge in [0, 0.05) is 28.9 Å². The lowest BCUT2D eigenvalue weighted by atomic mass is 9.72. The molecule has 0 spiro atoms. The van der Waals surface area contributed by atoms with Gasteiger partial charge in [-0.25, -0.2) is 4.99 Å². The fourth-order valence-electron chi connectivity index (χ4n) is 4.62. The van der Waals surface area contributed by atoms with E-state index in [4.69, 9.17) is 0 Å². The highest BCUT2D eigenvalue weighted by Gasteiger charge is 2.33. The molecule has 6 nitrogen and oxygen atoms in total. The molecule has 3 aromatic rings. The van der Waals surface area contributed by atoms with Gasteiger partial charge in [0.05, 0.1) is 10.5 Å². The topological polar surface area (TPSA) is 84.6 Å². The standard InChI is InChI=1S/C28H31N3O3S/c1-5-19-10-6-7-12-23(19)30-26(32)25-22-14-13-20(28(2,3)4)16-24(22)35-27(25)29-17-18-9-8-11-21(15-18)31(33)34/h6-12,15,17,20H,5,13-14,16H2,1-4H3,(H,30,32)/t20-/m1/s1. The quantitative estimate of drug-likeness (QED) is 0.223. The molecule has 1 aliphatic rings. The number of aryl methyl sites for hydroxylation is 1. The average molecular weight is 490 g/mol. The predicted octanol–water partition coefficient (Wildman–Crippen LogP) is 7.37. The fraction of sp³-hybridized carbons (Fsp3) is 0.357. The molecule has 0 saturated heterocycles. The van der Waals surface area contributed by atoms with Gasteiger partial charge in [0.15, 0.2) is 0 Å². The van der Waals surface area contributed by atoms with Crippen molar-refractivity contribution < 1.29 is 9.72 Å². The molecule has 1 amide bonds. The van der Waals surface area contributed by atoms with E-state index in [0.717, 1.165) is 42.5 Å². The lowest BCUT2D eigenvalue weighted by Crippen LogP contribution is -2.27. The second kappa shape index (κ2) is 10.1. The molecule has 1 aromatic heterocycles. The summed E-state index contributed by atoms with van der Waals surface area (Å²) in [6, 6.07) is 14.2. The largest absolute Gasteiger partial charge is 0.322 e. The van der Waals surface area contributed by atoms with E-state index in [9.17, 15) is 14.9 Å². The molecule has 0 saturated carbocycles. The summed E-state index contributed by atoms with van der Waals surface area (Å²) >= 11 is 1.57. The minimum atomic E-state index is -0.419. The Morgan fingerprint density at radius 2 is 2.00 bits per heavy atom. The molecule has 182 valence electrons. The van der Waals surface area contributed by atoms with Crippen molar-refractivity contribution in [2.75, 3.05) is 5.32 Å². The molecule has 4 rings (SSSR count). The van der Waals surface area contributed by atoms with Gasteiger partial charge in [0.1, 0.15) is 5.00 Å². The molecule has 2 aromatic carbocycles. The van der Waals surface area contributed by atoms with Gasteiger partial charge >= 0.3 is 0 Å². The number of nitro groups is 1. The lowest BCUT2D eigenvalue weighted by Gasteiger charge is -2.33. The first-order chi connectivity index (χ1) is 16.7. The second-order valence-electron chi connectivity index (χ2n) is 10.1. The van der Waals surface area contributed by atoms with E-state index in [1.165, 1.54) is 17.0 Å². The Bertz CT molecular complexity index is 1290. The maximum atomic E-state index is 13.6. The number of anilines is 1. The van der Waals surface area contributed by atoms with Gasteiger partial charge in [-0.2, -0.15) is 0 Å².